The highest BCUT2D eigenvalue weighted by molar-refractivity contribution is 6.04. The summed E-state index contributed by atoms with van der Waals surface area (Å²) in [6.07, 6.45) is 5.32. The molecule has 4 rings (SSSR count). The molecule has 0 atom stereocenters. The molecule has 32 heavy (non-hydrogen) atoms. The summed E-state index contributed by atoms with van der Waals surface area (Å²) < 4.78 is 11.5. The van der Waals surface area contributed by atoms with E-state index in [1.54, 1.807) is 37.4 Å². The second-order valence-corrected chi connectivity index (χ2v) is 7.86. The summed E-state index contributed by atoms with van der Waals surface area (Å²) >= 11 is 0. The molecule has 1 aliphatic carbocycles. The summed E-state index contributed by atoms with van der Waals surface area (Å²) in [5.41, 5.74) is 2.29. The van der Waals surface area contributed by atoms with Crippen molar-refractivity contribution >= 4 is 11.6 Å². The molecule has 1 fully saturated rings. The van der Waals surface area contributed by atoms with Crippen molar-refractivity contribution in [3.63, 3.8) is 0 Å². The van der Waals surface area contributed by atoms with Gasteiger partial charge in [-0.15, -0.1) is 0 Å². The molecule has 7 nitrogen and oxygen atoms in total. The number of ether oxygens (including phenoxy) is 2. The summed E-state index contributed by atoms with van der Waals surface area (Å²) in [5.74, 6) is 1.40. The van der Waals surface area contributed by atoms with E-state index in [4.69, 9.17) is 9.47 Å². The van der Waals surface area contributed by atoms with E-state index in [9.17, 15) is 9.59 Å². The van der Waals surface area contributed by atoms with Gasteiger partial charge in [0.05, 0.1) is 13.2 Å². The first-order chi connectivity index (χ1) is 15.6. The topological polar surface area (TPSA) is 93.3 Å². The summed E-state index contributed by atoms with van der Waals surface area (Å²) in [5, 5.41) is 2.90. The molecule has 0 unspecified atom stereocenters. The van der Waals surface area contributed by atoms with Gasteiger partial charge in [-0.2, -0.15) is 0 Å². The maximum absolute atomic E-state index is 12.9. The van der Waals surface area contributed by atoms with Crippen LogP contribution in [-0.2, 0) is 6.42 Å². The molecular weight excluding hydrogens is 406 g/mol. The van der Waals surface area contributed by atoms with Gasteiger partial charge in [0, 0.05) is 28.6 Å². The van der Waals surface area contributed by atoms with Gasteiger partial charge < -0.3 is 19.8 Å². The predicted molar refractivity (Wildman–Crippen MR) is 124 cm³/mol. The Morgan fingerprint density at radius 3 is 2.69 bits per heavy atom. The highest BCUT2D eigenvalue weighted by Crippen LogP contribution is 2.32. The Kier molecular flexibility index (Phi) is 6.54. The van der Waals surface area contributed by atoms with Gasteiger partial charge in [0.25, 0.3) is 11.5 Å². The molecule has 2 N–H and O–H groups in total. The standard InChI is InChI=1S/C25H27N3O4/c1-3-18-15-23(29)28-24(26-18)16-7-6-8-19(13-16)27-25(30)17-11-12-21(22(14-17)31-2)32-20-9-4-5-10-20/h6-8,11-15,20H,3-5,9-10H2,1-2H3,(H,27,30)(H,26,28,29). The van der Waals surface area contributed by atoms with Crippen LogP contribution in [0, 0.1) is 0 Å². The predicted octanol–water partition coefficient (Wildman–Crippen LogP) is 4.58. The summed E-state index contributed by atoms with van der Waals surface area (Å²) in [6, 6.07) is 13.9. The number of benzene rings is 2. The number of aromatic nitrogens is 2. The number of amides is 1. The first-order valence-electron chi connectivity index (χ1n) is 10.9. The number of nitrogens with one attached hydrogen (secondary N) is 2. The van der Waals surface area contributed by atoms with E-state index in [-0.39, 0.29) is 17.6 Å². The molecule has 1 aromatic heterocycles. The largest absolute Gasteiger partial charge is 0.493 e. The number of nitrogens with zero attached hydrogens (tertiary/aromatic N) is 1. The number of methoxy groups -OCH3 is 1. The zero-order valence-electron chi connectivity index (χ0n) is 18.3. The Balaban J connectivity index is 1.52. The minimum atomic E-state index is -0.267. The molecule has 0 saturated heterocycles. The average Bonchev–Trinajstić information content (AvgIpc) is 3.32. The van der Waals surface area contributed by atoms with Crippen LogP contribution >= 0.6 is 0 Å². The van der Waals surface area contributed by atoms with Crippen LogP contribution in [0.3, 0.4) is 0 Å². The monoisotopic (exact) mass is 433 g/mol. The van der Waals surface area contributed by atoms with Crippen molar-refractivity contribution in [2.75, 3.05) is 12.4 Å². The molecule has 3 aromatic rings. The summed E-state index contributed by atoms with van der Waals surface area (Å²) in [4.78, 5) is 32.0. The molecule has 0 spiro atoms. The fourth-order valence-electron chi connectivity index (χ4n) is 3.87. The minimum absolute atomic E-state index is 0.201. The Bertz CT molecular complexity index is 1170. The van der Waals surface area contributed by atoms with E-state index >= 15 is 0 Å². The smallest absolute Gasteiger partial charge is 0.255 e. The molecule has 1 amide bonds. The third kappa shape index (κ3) is 4.99. The van der Waals surface area contributed by atoms with Crippen LogP contribution in [0.2, 0.25) is 0 Å². The van der Waals surface area contributed by atoms with Gasteiger partial charge in [0.15, 0.2) is 11.5 Å². The van der Waals surface area contributed by atoms with Gasteiger partial charge in [-0.3, -0.25) is 9.59 Å². The van der Waals surface area contributed by atoms with Gasteiger partial charge >= 0.3 is 0 Å². The maximum atomic E-state index is 12.9. The van der Waals surface area contributed by atoms with Gasteiger partial charge in [0.2, 0.25) is 0 Å². The lowest BCUT2D eigenvalue weighted by Gasteiger charge is -2.16. The molecule has 2 aromatic carbocycles. The molecule has 1 heterocycles. The first-order valence-corrected chi connectivity index (χ1v) is 10.9. The second kappa shape index (κ2) is 9.68. The molecular formula is C25H27N3O4. The van der Waals surface area contributed by atoms with Gasteiger partial charge in [0.1, 0.15) is 5.82 Å². The minimum Gasteiger partial charge on any atom is -0.493 e. The zero-order chi connectivity index (χ0) is 22.5. The van der Waals surface area contributed by atoms with E-state index in [0.717, 1.165) is 12.8 Å². The summed E-state index contributed by atoms with van der Waals surface area (Å²) in [7, 11) is 1.57. The molecule has 1 aliphatic rings. The van der Waals surface area contributed by atoms with Crippen molar-refractivity contribution in [2.45, 2.75) is 45.1 Å². The average molecular weight is 434 g/mol. The second-order valence-electron chi connectivity index (χ2n) is 7.86. The lowest BCUT2D eigenvalue weighted by Crippen LogP contribution is -2.14. The van der Waals surface area contributed by atoms with E-state index < -0.39 is 0 Å². The number of hydrogen-bond donors (Lipinski definition) is 2. The number of H-pyrrole nitrogens is 1. The fourth-order valence-corrected chi connectivity index (χ4v) is 3.87. The SMILES string of the molecule is CCc1cc(=O)[nH]c(-c2cccc(NC(=O)c3ccc(OC4CCCC4)c(OC)c3)c2)n1. The van der Waals surface area contributed by atoms with E-state index in [1.807, 2.05) is 19.1 Å². The molecule has 0 aliphatic heterocycles. The van der Waals surface area contributed by atoms with Crippen molar-refractivity contribution < 1.29 is 14.3 Å². The van der Waals surface area contributed by atoms with Crippen LogP contribution in [0.4, 0.5) is 5.69 Å². The van der Waals surface area contributed by atoms with Crippen molar-refractivity contribution in [3.8, 4) is 22.9 Å². The number of aromatic amines is 1. The van der Waals surface area contributed by atoms with Gasteiger partial charge in [-0.1, -0.05) is 19.1 Å². The highest BCUT2D eigenvalue weighted by Gasteiger charge is 2.19. The number of rotatable bonds is 7. The molecule has 7 heteroatoms. The number of hydrogen-bond acceptors (Lipinski definition) is 5. The van der Waals surface area contributed by atoms with E-state index in [1.165, 1.54) is 18.9 Å². The van der Waals surface area contributed by atoms with Crippen LogP contribution in [0.15, 0.2) is 53.3 Å². The zero-order valence-corrected chi connectivity index (χ0v) is 18.3. The lowest BCUT2D eigenvalue weighted by atomic mass is 10.1. The maximum Gasteiger partial charge on any atom is 0.255 e. The lowest BCUT2D eigenvalue weighted by molar-refractivity contribution is 0.102. The Labute approximate surface area is 186 Å². The van der Waals surface area contributed by atoms with E-state index in [2.05, 4.69) is 15.3 Å². The van der Waals surface area contributed by atoms with Crippen LogP contribution in [0.5, 0.6) is 11.5 Å². The van der Waals surface area contributed by atoms with Crippen molar-refractivity contribution in [1.82, 2.24) is 9.97 Å². The highest BCUT2D eigenvalue weighted by atomic mass is 16.5. The normalized spacial score (nSPS) is 13.7. The third-order valence-electron chi connectivity index (χ3n) is 5.57. The molecule has 166 valence electrons. The number of anilines is 1. The Hall–Kier alpha value is -3.61. The number of aryl methyl sites for hydroxylation is 1. The molecule has 0 bridgehead atoms. The number of carbonyl (C=O) groups is 1. The van der Waals surface area contributed by atoms with E-state index in [0.29, 0.717) is 46.3 Å². The van der Waals surface area contributed by atoms with Crippen LogP contribution in [-0.4, -0.2) is 29.1 Å². The van der Waals surface area contributed by atoms with Crippen molar-refractivity contribution in [2.24, 2.45) is 0 Å². The van der Waals surface area contributed by atoms with Gasteiger partial charge in [-0.05, 0) is 62.4 Å². The van der Waals surface area contributed by atoms with Crippen molar-refractivity contribution in [1.29, 1.82) is 0 Å². The van der Waals surface area contributed by atoms with Gasteiger partial charge in [-0.25, -0.2) is 4.98 Å². The Morgan fingerprint density at radius 1 is 1.12 bits per heavy atom. The third-order valence-corrected chi connectivity index (χ3v) is 5.57. The number of carbonyl (C=O) groups excluding carboxylic acids is 1. The quantitative estimate of drug-likeness (QED) is 0.569. The molecule has 0 radical (unpaired) electrons. The first kappa shape index (κ1) is 21.6. The molecule has 1 saturated carbocycles. The van der Waals surface area contributed by atoms with Crippen LogP contribution in [0.1, 0.15) is 48.7 Å². The fraction of sp³-hybridized carbons (Fsp3) is 0.320. The van der Waals surface area contributed by atoms with Crippen molar-refractivity contribution in [3.05, 3.63) is 70.1 Å². The summed E-state index contributed by atoms with van der Waals surface area (Å²) in [6.45, 7) is 1.94. The van der Waals surface area contributed by atoms with Crippen LogP contribution in [0.25, 0.3) is 11.4 Å². The Morgan fingerprint density at radius 2 is 1.94 bits per heavy atom. The van der Waals surface area contributed by atoms with Crippen LogP contribution < -0.4 is 20.3 Å².